The standard InChI is InChI=1S/C10H17N3O2/c1-4-8-12-9(11)7(2)10(13-8)15-6-5-14-3/h4-6H2,1-3H3,(H2,11,12,13). The van der Waals surface area contributed by atoms with Gasteiger partial charge in [-0.25, -0.2) is 4.98 Å². The summed E-state index contributed by atoms with van der Waals surface area (Å²) in [5.74, 6) is 1.73. The molecule has 1 aromatic heterocycles. The van der Waals surface area contributed by atoms with Gasteiger partial charge in [-0.2, -0.15) is 4.98 Å². The van der Waals surface area contributed by atoms with E-state index in [4.69, 9.17) is 15.2 Å². The lowest BCUT2D eigenvalue weighted by Crippen LogP contribution is -2.10. The Hall–Kier alpha value is -1.36. The molecule has 1 rings (SSSR count). The molecule has 0 spiro atoms. The molecule has 0 radical (unpaired) electrons. The van der Waals surface area contributed by atoms with Crippen molar-refractivity contribution < 1.29 is 9.47 Å². The third-order valence-electron chi connectivity index (χ3n) is 2.03. The molecule has 0 aromatic carbocycles. The van der Waals surface area contributed by atoms with Gasteiger partial charge in [-0.05, 0) is 6.92 Å². The molecular formula is C10H17N3O2. The summed E-state index contributed by atoms with van der Waals surface area (Å²) < 4.78 is 10.3. The Labute approximate surface area is 89.6 Å². The molecule has 1 heterocycles. The van der Waals surface area contributed by atoms with E-state index >= 15 is 0 Å². The fourth-order valence-corrected chi connectivity index (χ4v) is 1.08. The van der Waals surface area contributed by atoms with E-state index in [0.29, 0.717) is 30.7 Å². The van der Waals surface area contributed by atoms with Crippen LogP contribution in [0.15, 0.2) is 0 Å². The summed E-state index contributed by atoms with van der Waals surface area (Å²) in [5.41, 5.74) is 6.52. The molecule has 0 saturated heterocycles. The zero-order chi connectivity index (χ0) is 11.3. The second-order valence-electron chi connectivity index (χ2n) is 3.15. The summed E-state index contributed by atoms with van der Waals surface area (Å²) in [5, 5.41) is 0. The maximum Gasteiger partial charge on any atom is 0.221 e. The molecule has 0 fully saturated rings. The fraction of sp³-hybridized carbons (Fsp3) is 0.600. The number of aryl methyl sites for hydroxylation is 1. The van der Waals surface area contributed by atoms with Crippen LogP contribution in [-0.2, 0) is 11.2 Å². The molecule has 2 N–H and O–H groups in total. The minimum Gasteiger partial charge on any atom is -0.475 e. The molecule has 84 valence electrons. The van der Waals surface area contributed by atoms with E-state index in [9.17, 15) is 0 Å². The van der Waals surface area contributed by atoms with Crippen molar-refractivity contribution >= 4 is 5.82 Å². The predicted molar refractivity (Wildman–Crippen MR) is 57.9 cm³/mol. The number of hydrogen-bond donors (Lipinski definition) is 1. The first-order chi connectivity index (χ1) is 7.19. The molecule has 0 amide bonds. The average Bonchev–Trinajstić information content (AvgIpc) is 2.24. The smallest absolute Gasteiger partial charge is 0.221 e. The Morgan fingerprint density at radius 2 is 2.00 bits per heavy atom. The largest absolute Gasteiger partial charge is 0.475 e. The van der Waals surface area contributed by atoms with Gasteiger partial charge in [0.1, 0.15) is 18.2 Å². The van der Waals surface area contributed by atoms with Gasteiger partial charge in [0, 0.05) is 13.5 Å². The van der Waals surface area contributed by atoms with Gasteiger partial charge in [0.15, 0.2) is 0 Å². The van der Waals surface area contributed by atoms with E-state index in [0.717, 1.165) is 12.0 Å². The quantitative estimate of drug-likeness (QED) is 0.734. The maximum absolute atomic E-state index is 5.74. The van der Waals surface area contributed by atoms with Gasteiger partial charge in [-0.3, -0.25) is 0 Å². The number of nitrogens with zero attached hydrogens (tertiary/aromatic N) is 2. The van der Waals surface area contributed by atoms with Crippen LogP contribution < -0.4 is 10.5 Å². The van der Waals surface area contributed by atoms with E-state index < -0.39 is 0 Å². The average molecular weight is 211 g/mol. The molecule has 0 aliphatic heterocycles. The third kappa shape index (κ3) is 3.06. The molecule has 0 aliphatic rings. The lowest BCUT2D eigenvalue weighted by molar-refractivity contribution is 0.143. The van der Waals surface area contributed by atoms with E-state index in [-0.39, 0.29) is 0 Å². The Morgan fingerprint density at radius 3 is 2.60 bits per heavy atom. The van der Waals surface area contributed by atoms with Crippen molar-refractivity contribution in [3.63, 3.8) is 0 Å². The molecule has 15 heavy (non-hydrogen) atoms. The highest BCUT2D eigenvalue weighted by Gasteiger charge is 2.08. The van der Waals surface area contributed by atoms with Gasteiger partial charge < -0.3 is 15.2 Å². The fourth-order valence-electron chi connectivity index (χ4n) is 1.08. The summed E-state index contributed by atoms with van der Waals surface area (Å²) in [7, 11) is 1.63. The molecule has 1 aromatic rings. The lowest BCUT2D eigenvalue weighted by atomic mass is 10.3. The highest BCUT2D eigenvalue weighted by molar-refractivity contribution is 5.44. The highest BCUT2D eigenvalue weighted by Crippen LogP contribution is 2.19. The first-order valence-electron chi connectivity index (χ1n) is 4.93. The molecular weight excluding hydrogens is 194 g/mol. The maximum atomic E-state index is 5.74. The van der Waals surface area contributed by atoms with Crippen molar-refractivity contribution in [3.05, 3.63) is 11.4 Å². The van der Waals surface area contributed by atoms with Gasteiger partial charge in [-0.15, -0.1) is 0 Å². The van der Waals surface area contributed by atoms with Gasteiger partial charge in [-0.1, -0.05) is 6.92 Å². The lowest BCUT2D eigenvalue weighted by Gasteiger charge is -2.10. The summed E-state index contributed by atoms with van der Waals surface area (Å²) in [6, 6.07) is 0. The number of rotatable bonds is 5. The Bertz CT molecular complexity index is 329. The molecule has 0 bridgehead atoms. The molecule has 0 aliphatic carbocycles. The van der Waals surface area contributed by atoms with Crippen LogP contribution >= 0.6 is 0 Å². The summed E-state index contributed by atoms with van der Waals surface area (Å²) in [4.78, 5) is 8.39. The zero-order valence-electron chi connectivity index (χ0n) is 9.41. The highest BCUT2D eigenvalue weighted by atomic mass is 16.5. The molecule has 5 heteroatoms. The Morgan fingerprint density at radius 1 is 1.27 bits per heavy atom. The van der Waals surface area contributed by atoms with Crippen LogP contribution in [0.5, 0.6) is 5.88 Å². The number of methoxy groups -OCH3 is 1. The summed E-state index contributed by atoms with van der Waals surface area (Å²) in [6.45, 7) is 4.82. The molecule has 0 saturated carbocycles. The van der Waals surface area contributed by atoms with Gasteiger partial charge in [0.2, 0.25) is 5.88 Å². The Kier molecular flexibility index (Phi) is 4.30. The number of nitrogen functional groups attached to an aromatic ring is 1. The number of nitrogens with two attached hydrogens (primary N) is 1. The first kappa shape index (κ1) is 11.7. The van der Waals surface area contributed by atoms with E-state index in [1.807, 2.05) is 13.8 Å². The van der Waals surface area contributed by atoms with Crippen LogP contribution in [0.4, 0.5) is 5.82 Å². The SMILES string of the molecule is CCc1nc(N)c(C)c(OCCOC)n1. The van der Waals surface area contributed by atoms with Crippen LogP contribution in [0.3, 0.4) is 0 Å². The Balaban J connectivity index is 2.80. The van der Waals surface area contributed by atoms with E-state index in [1.54, 1.807) is 7.11 Å². The van der Waals surface area contributed by atoms with Crippen molar-refractivity contribution in [1.29, 1.82) is 0 Å². The third-order valence-corrected chi connectivity index (χ3v) is 2.03. The second kappa shape index (κ2) is 5.50. The predicted octanol–water partition coefficient (Wildman–Crippen LogP) is 0.955. The monoisotopic (exact) mass is 211 g/mol. The van der Waals surface area contributed by atoms with Crippen LogP contribution in [-0.4, -0.2) is 30.3 Å². The van der Waals surface area contributed by atoms with Crippen molar-refractivity contribution in [2.75, 3.05) is 26.1 Å². The number of hydrogen-bond acceptors (Lipinski definition) is 5. The van der Waals surface area contributed by atoms with E-state index in [1.165, 1.54) is 0 Å². The van der Waals surface area contributed by atoms with Crippen LogP contribution in [0.1, 0.15) is 18.3 Å². The minimum absolute atomic E-state index is 0.469. The number of aromatic nitrogens is 2. The molecule has 0 unspecified atom stereocenters. The van der Waals surface area contributed by atoms with Gasteiger partial charge in [0.25, 0.3) is 0 Å². The molecule has 5 nitrogen and oxygen atoms in total. The minimum atomic E-state index is 0.469. The van der Waals surface area contributed by atoms with Crippen molar-refractivity contribution in [3.8, 4) is 5.88 Å². The number of anilines is 1. The topological polar surface area (TPSA) is 70.3 Å². The van der Waals surface area contributed by atoms with Crippen molar-refractivity contribution in [2.45, 2.75) is 20.3 Å². The van der Waals surface area contributed by atoms with Gasteiger partial charge >= 0.3 is 0 Å². The number of ether oxygens (including phenoxy) is 2. The van der Waals surface area contributed by atoms with Crippen LogP contribution in [0.25, 0.3) is 0 Å². The van der Waals surface area contributed by atoms with Crippen molar-refractivity contribution in [2.24, 2.45) is 0 Å². The molecule has 0 atom stereocenters. The summed E-state index contributed by atoms with van der Waals surface area (Å²) >= 11 is 0. The summed E-state index contributed by atoms with van der Waals surface area (Å²) in [6.07, 6.45) is 0.741. The van der Waals surface area contributed by atoms with Gasteiger partial charge in [0.05, 0.1) is 12.2 Å². The zero-order valence-corrected chi connectivity index (χ0v) is 9.41. The van der Waals surface area contributed by atoms with E-state index in [2.05, 4.69) is 9.97 Å². The normalized spacial score (nSPS) is 10.3. The van der Waals surface area contributed by atoms with Crippen molar-refractivity contribution in [1.82, 2.24) is 9.97 Å². The second-order valence-corrected chi connectivity index (χ2v) is 3.15. The first-order valence-corrected chi connectivity index (χ1v) is 4.93. The van der Waals surface area contributed by atoms with Crippen LogP contribution in [0, 0.1) is 6.92 Å². The van der Waals surface area contributed by atoms with Crippen LogP contribution in [0.2, 0.25) is 0 Å².